The number of hydrogen-bond donors (Lipinski definition) is 1. The van der Waals surface area contributed by atoms with Gasteiger partial charge in [-0.1, -0.05) is 58.3 Å². The summed E-state index contributed by atoms with van der Waals surface area (Å²) in [5.41, 5.74) is 0. The summed E-state index contributed by atoms with van der Waals surface area (Å²) in [7, 11) is 0. The molecule has 0 bridgehead atoms. The molecular formula is C14H28O. The van der Waals surface area contributed by atoms with Gasteiger partial charge in [-0.3, -0.25) is 0 Å². The molecule has 90 valence electrons. The molecule has 0 spiro atoms. The molecule has 1 aliphatic rings. The van der Waals surface area contributed by atoms with Gasteiger partial charge < -0.3 is 5.11 Å². The number of aliphatic hydroxyl groups is 1. The highest BCUT2D eigenvalue weighted by atomic mass is 16.3. The number of hydrogen-bond acceptors (Lipinski definition) is 1. The number of rotatable bonds is 5. The highest BCUT2D eigenvalue weighted by Gasteiger charge is 2.15. The second kappa shape index (κ2) is 8.15. The van der Waals surface area contributed by atoms with Crippen molar-refractivity contribution in [3.63, 3.8) is 0 Å². The molecule has 0 aliphatic heterocycles. The van der Waals surface area contributed by atoms with Crippen LogP contribution in [0.3, 0.4) is 0 Å². The normalized spacial score (nSPS) is 28.4. The third-order valence-electron chi connectivity index (χ3n) is 3.77. The average molecular weight is 212 g/mol. The molecule has 2 unspecified atom stereocenters. The Bertz CT molecular complexity index is 144. The maximum absolute atomic E-state index is 9.64. The number of unbranched alkanes of at least 4 members (excludes halogenated alkanes) is 3. The minimum Gasteiger partial charge on any atom is -0.393 e. The second-order valence-corrected chi connectivity index (χ2v) is 5.23. The smallest absolute Gasteiger partial charge is 0.0540 e. The van der Waals surface area contributed by atoms with Gasteiger partial charge in [-0.25, -0.2) is 0 Å². The van der Waals surface area contributed by atoms with Gasteiger partial charge in [0, 0.05) is 0 Å². The van der Waals surface area contributed by atoms with E-state index in [1.807, 2.05) is 0 Å². The van der Waals surface area contributed by atoms with Gasteiger partial charge >= 0.3 is 0 Å². The molecule has 2 atom stereocenters. The van der Waals surface area contributed by atoms with Crippen molar-refractivity contribution in [2.75, 3.05) is 0 Å². The lowest BCUT2D eigenvalue weighted by molar-refractivity contribution is 0.129. The fourth-order valence-electron chi connectivity index (χ4n) is 2.68. The van der Waals surface area contributed by atoms with E-state index in [1.165, 1.54) is 57.8 Å². The predicted octanol–water partition coefficient (Wildman–Crippen LogP) is 4.29. The summed E-state index contributed by atoms with van der Waals surface area (Å²) in [5.74, 6) is 0.914. The fourth-order valence-corrected chi connectivity index (χ4v) is 2.68. The zero-order chi connectivity index (χ0) is 10.9. The van der Waals surface area contributed by atoms with Crippen LogP contribution in [0.4, 0.5) is 0 Å². The van der Waals surface area contributed by atoms with Gasteiger partial charge in [0.05, 0.1) is 6.10 Å². The molecule has 0 amide bonds. The van der Waals surface area contributed by atoms with Gasteiger partial charge in [-0.2, -0.15) is 0 Å². The largest absolute Gasteiger partial charge is 0.393 e. The molecule has 1 heteroatoms. The summed E-state index contributed by atoms with van der Waals surface area (Å²) in [4.78, 5) is 0. The van der Waals surface area contributed by atoms with Gasteiger partial charge in [-0.05, 0) is 25.2 Å². The molecule has 0 saturated heterocycles. The maximum atomic E-state index is 9.64. The van der Waals surface area contributed by atoms with E-state index in [9.17, 15) is 5.11 Å². The summed E-state index contributed by atoms with van der Waals surface area (Å²) in [6.07, 6.45) is 14.3. The van der Waals surface area contributed by atoms with Gasteiger partial charge in [-0.15, -0.1) is 0 Å². The van der Waals surface area contributed by atoms with E-state index in [1.54, 1.807) is 0 Å². The second-order valence-electron chi connectivity index (χ2n) is 5.23. The molecular weight excluding hydrogens is 184 g/mol. The number of aliphatic hydroxyl groups excluding tert-OH is 1. The van der Waals surface area contributed by atoms with Crippen LogP contribution >= 0.6 is 0 Å². The van der Waals surface area contributed by atoms with E-state index in [-0.39, 0.29) is 6.10 Å². The van der Waals surface area contributed by atoms with Crippen molar-refractivity contribution < 1.29 is 5.11 Å². The van der Waals surface area contributed by atoms with Crippen molar-refractivity contribution in [2.24, 2.45) is 5.92 Å². The Kier molecular flexibility index (Phi) is 7.08. The Labute approximate surface area is 95.3 Å². The zero-order valence-corrected chi connectivity index (χ0v) is 10.4. The van der Waals surface area contributed by atoms with Crippen molar-refractivity contribution in [3.8, 4) is 0 Å². The first kappa shape index (κ1) is 13.0. The predicted molar refractivity (Wildman–Crippen MR) is 66.0 cm³/mol. The third kappa shape index (κ3) is 6.19. The molecule has 0 radical (unpaired) electrons. The average Bonchev–Trinajstić information content (AvgIpc) is 2.22. The van der Waals surface area contributed by atoms with E-state index >= 15 is 0 Å². The monoisotopic (exact) mass is 212 g/mol. The molecule has 0 aromatic heterocycles. The molecule has 0 aromatic rings. The van der Waals surface area contributed by atoms with Crippen molar-refractivity contribution in [1.29, 1.82) is 0 Å². The standard InChI is InChI=1S/C14H28O/c1-2-3-4-5-8-13-9-6-7-10-14(15)12-11-13/h13-15H,2-12H2,1H3. The third-order valence-corrected chi connectivity index (χ3v) is 3.77. The molecule has 0 aromatic carbocycles. The summed E-state index contributed by atoms with van der Waals surface area (Å²) in [6, 6.07) is 0. The zero-order valence-electron chi connectivity index (χ0n) is 10.4. The molecule has 1 rings (SSSR count). The van der Waals surface area contributed by atoms with Crippen molar-refractivity contribution in [3.05, 3.63) is 0 Å². The Morgan fingerprint density at radius 1 is 0.933 bits per heavy atom. The highest BCUT2D eigenvalue weighted by molar-refractivity contribution is 4.68. The minimum atomic E-state index is 0.00319. The van der Waals surface area contributed by atoms with E-state index in [2.05, 4.69) is 6.92 Å². The lowest BCUT2D eigenvalue weighted by Crippen LogP contribution is -2.13. The van der Waals surface area contributed by atoms with Crippen LogP contribution < -0.4 is 0 Å². The molecule has 1 aliphatic carbocycles. The minimum absolute atomic E-state index is 0.00319. The van der Waals surface area contributed by atoms with Gasteiger partial charge in [0.1, 0.15) is 0 Å². The van der Waals surface area contributed by atoms with E-state index in [0.717, 1.165) is 18.8 Å². The lowest BCUT2D eigenvalue weighted by atomic mass is 9.86. The van der Waals surface area contributed by atoms with Crippen molar-refractivity contribution in [1.82, 2.24) is 0 Å². The summed E-state index contributed by atoms with van der Waals surface area (Å²) < 4.78 is 0. The van der Waals surface area contributed by atoms with Crippen LogP contribution in [0, 0.1) is 5.92 Å². The molecule has 1 saturated carbocycles. The molecule has 0 heterocycles. The van der Waals surface area contributed by atoms with Crippen LogP contribution in [-0.2, 0) is 0 Å². The van der Waals surface area contributed by atoms with E-state index in [0.29, 0.717) is 0 Å². The molecule has 1 fully saturated rings. The summed E-state index contributed by atoms with van der Waals surface area (Å²) >= 11 is 0. The Hall–Kier alpha value is -0.0400. The first-order valence-corrected chi connectivity index (χ1v) is 7.01. The Balaban J connectivity index is 2.10. The van der Waals surface area contributed by atoms with Gasteiger partial charge in [0.25, 0.3) is 0 Å². The van der Waals surface area contributed by atoms with Crippen LogP contribution in [0.25, 0.3) is 0 Å². The Morgan fingerprint density at radius 2 is 1.73 bits per heavy atom. The highest BCUT2D eigenvalue weighted by Crippen LogP contribution is 2.26. The quantitative estimate of drug-likeness (QED) is 0.674. The lowest BCUT2D eigenvalue weighted by Gasteiger charge is -2.22. The SMILES string of the molecule is CCCCCCC1CCCCC(O)CC1. The fraction of sp³-hybridized carbons (Fsp3) is 1.00. The van der Waals surface area contributed by atoms with Gasteiger partial charge in [0.15, 0.2) is 0 Å². The first-order chi connectivity index (χ1) is 7.33. The topological polar surface area (TPSA) is 20.2 Å². The van der Waals surface area contributed by atoms with E-state index < -0.39 is 0 Å². The van der Waals surface area contributed by atoms with Crippen LogP contribution in [0.15, 0.2) is 0 Å². The van der Waals surface area contributed by atoms with Crippen LogP contribution in [0.1, 0.15) is 77.6 Å². The first-order valence-electron chi connectivity index (χ1n) is 7.01. The molecule has 15 heavy (non-hydrogen) atoms. The molecule has 1 N–H and O–H groups in total. The van der Waals surface area contributed by atoms with Crippen LogP contribution in [0.2, 0.25) is 0 Å². The van der Waals surface area contributed by atoms with Crippen LogP contribution in [0.5, 0.6) is 0 Å². The van der Waals surface area contributed by atoms with Crippen molar-refractivity contribution in [2.45, 2.75) is 83.7 Å². The maximum Gasteiger partial charge on any atom is 0.0540 e. The Morgan fingerprint density at radius 3 is 2.53 bits per heavy atom. The van der Waals surface area contributed by atoms with Gasteiger partial charge in [0.2, 0.25) is 0 Å². The van der Waals surface area contributed by atoms with Crippen molar-refractivity contribution >= 4 is 0 Å². The summed E-state index contributed by atoms with van der Waals surface area (Å²) in [6.45, 7) is 2.27. The van der Waals surface area contributed by atoms with E-state index in [4.69, 9.17) is 0 Å². The summed E-state index contributed by atoms with van der Waals surface area (Å²) in [5, 5.41) is 9.64. The molecule has 1 nitrogen and oxygen atoms in total. The van der Waals surface area contributed by atoms with Crippen LogP contribution in [-0.4, -0.2) is 11.2 Å².